The van der Waals surface area contributed by atoms with Gasteiger partial charge in [-0.25, -0.2) is 4.98 Å². The maximum absolute atomic E-state index is 12.0. The minimum Gasteiger partial charge on any atom is -0.351 e. The van der Waals surface area contributed by atoms with Crippen molar-refractivity contribution in [3.8, 4) is 0 Å². The minimum absolute atomic E-state index is 0.0994. The fourth-order valence-electron chi connectivity index (χ4n) is 2.45. The fraction of sp³-hybridized carbons (Fsp3) is 0.368. The fourth-order valence-corrected chi connectivity index (χ4v) is 3.03. The summed E-state index contributed by atoms with van der Waals surface area (Å²) in [6.07, 6.45) is 4.32. The van der Waals surface area contributed by atoms with Crippen LogP contribution in [0.3, 0.4) is 0 Å². The first-order valence-corrected chi connectivity index (χ1v) is 9.01. The van der Waals surface area contributed by atoms with Gasteiger partial charge in [-0.15, -0.1) is 11.3 Å². The van der Waals surface area contributed by atoms with E-state index in [-0.39, 0.29) is 11.9 Å². The Bertz CT molecular complexity index is 689. The highest BCUT2D eigenvalue weighted by molar-refractivity contribution is 7.09. The number of aryl methyl sites for hydroxylation is 2. The quantitative estimate of drug-likeness (QED) is 0.783. The van der Waals surface area contributed by atoms with E-state index in [2.05, 4.69) is 46.4 Å². The van der Waals surface area contributed by atoms with Crippen LogP contribution in [0.1, 0.15) is 34.8 Å². The van der Waals surface area contributed by atoms with Gasteiger partial charge in [0.05, 0.1) is 16.7 Å². The molecule has 2 rings (SSSR count). The zero-order valence-electron chi connectivity index (χ0n) is 14.7. The first kappa shape index (κ1) is 18.4. The Kier molecular flexibility index (Phi) is 6.70. The van der Waals surface area contributed by atoms with Gasteiger partial charge >= 0.3 is 0 Å². The molecule has 0 aliphatic rings. The van der Waals surface area contributed by atoms with Crippen LogP contribution in [0.2, 0.25) is 0 Å². The van der Waals surface area contributed by atoms with Gasteiger partial charge in [0.25, 0.3) is 0 Å². The van der Waals surface area contributed by atoms with Crippen molar-refractivity contribution in [3.63, 3.8) is 0 Å². The van der Waals surface area contributed by atoms with Gasteiger partial charge in [-0.2, -0.15) is 0 Å². The van der Waals surface area contributed by atoms with Crippen LogP contribution in [0.5, 0.6) is 0 Å². The zero-order valence-corrected chi connectivity index (χ0v) is 15.6. The average Bonchev–Trinajstić information content (AvgIpc) is 2.99. The molecule has 0 radical (unpaired) electrons. The first-order chi connectivity index (χ1) is 11.5. The van der Waals surface area contributed by atoms with Crippen molar-refractivity contribution in [1.82, 2.24) is 15.2 Å². The van der Waals surface area contributed by atoms with Crippen LogP contribution in [0.4, 0.5) is 0 Å². The summed E-state index contributed by atoms with van der Waals surface area (Å²) in [6.45, 7) is 4.67. The van der Waals surface area contributed by atoms with Crippen LogP contribution in [-0.4, -0.2) is 36.4 Å². The number of nitrogens with zero attached hydrogens (tertiary/aromatic N) is 2. The number of nitrogens with one attached hydrogen (secondary N) is 1. The Morgan fingerprint density at radius 2 is 2.04 bits per heavy atom. The molecule has 1 atom stereocenters. The second kappa shape index (κ2) is 8.76. The number of likely N-dealkylation sites (N-methyl/N-ethyl adjacent to an activating group) is 1. The zero-order chi connectivity index (χ0) is 17.5. The minimum atomic E-state index is -0.0994. The van der Waals surface area contributed by atoms with Crippen LogP contribution >= 0.6 is 11.3 Å². The molecule has 1 aromatic carbocycles. The van der Waals surface area contributed by atoms with Gasteiger partial charge in [-0.05, 0) is 44.6 Å². The van der Waals surface area contributed by atoms with E-state index in [9.17, 15) is 4.79 Å². The molecule has 2 aromatic rings. The van der Waals surface area contributed by atoms with E-state index >= 15 is 0 Å². The molecule has 0 fully saturated rings. The van der Waals surface area contributed by atoms with Gasteiger partial charge in [0.15, 0.2) is 0 Å². The average molecular weight is 343 g/mol. The lowest BCUT2D eigenvalue weighted by atomic mass is 10.0. The summed E-state index contributed by atoms with van der Waals surface area (Å²) < 4.78 is 0. The van der Waals surface area contributed by atoms with Crippen molar-refractivity contribution in [3.05, 3.63) is 57.6 Å². The van der Waals surface area contributed by atoms with E-state index in [1.54, 1.807) is 23.5 Å². The van der Waals surface area contributed by atoms with Crippen molar-refractivity contribution in [1.29, 1.82) is 0 Å². The topological polar surface area (TPSA) is 45.2 Å². The maximum atomic E-state index is 12.0. The Hall–Kier alpha value is -1.98. The lowest BCUT2D eigenvalue weighted by molar-refractivity contribution is -0.116. The number of benzene rings is 1. The number of thiazole rings is 1. The van der Waals surface area contributed by atoms with E-state index in [0.29, 0.717) is 6.54 Å². The molecule has 4 nitrogen and oxygen atoms in total. The molecule has 5 heteroatoms. The highest BCUT2D eigenvalue weighted by Gasteiger charge is 2.14. The number of aromatic nitrogens is 1. The number of carbonyl (C=O) groups excluding carboxylic acids is 1. The molecular weight excluding hydrogens is 318 g/mol. The Labute approximate surface area is 148 Å². The molecule has 0 saturated heterocycles. The number of rotatable bonds is 7. The van der Waals surface area contributed by atoms with E-state index in [1.807, 2.05) is 26.4 Å². The Morgan fingerprint density at radius 1 is 1.33 bits per heavy atom. The number of carbonyl (C=O) groups is 1. The van der Waals surface area contributed by atoms with E-state index in [0.717, 1.165) is 17.1 Å². The molecule has 128 valence electrons. The van der Waals surface area contributed by atoms with Gasteiger partial charge in [-0.1, -0.05) is 31.2 Å². The summed E-state index contributed by atoms with van der Waals surface area (Å²) in [5, 5.41) is 5.92. The van der Waals surface area contributed by atoms with Crippen molar-refractivity contribution in [2.24, 2.45) is 0 Å². The highest BCUT2D eigenvalue weighted by atomic mass is 32.1. The summed E-state index contributed by atoms with van der Waals surface area (Å²) >= 11 is 1.58. The normalized spacial score (nSPS) is 12.7. The predicted octanol–water partition coefficient (Wildman–Crippen LogP) is 3.45. The monoisotopic (exact) mass is 343 g/mol. The summed E-state index contributed by atoms with van der Waals surface area (Å²) in [5.74, 6) is -0.0994. The number of hydrogen-bond acceptors (Lipinski definition) is 4. The lowest BCUT2D eigenvalue weighted by Gasteiger charge is -2.25. The third-order valence-corrected chi connectivity index (χ3v) is 4.70. The highest BCUT2D eigenvalue weighted by Crippen LogP contribution is 2.18. The molecule has 1 heterocycles. The lowest BCUT2D eigenvalue weighted by Crippen LogP contribution is -2.33. The molecule has 1 unspecified atom stereocenters. The summed E-state index contributed by atoms with van der Waals surface area (Å²) in [7, 11) is 4.05. The maximum Gasteiger partial charge on any atom is 0.244 e. The van der Waals surface area contributed by atoms with Crippen molar-refractivity contribution >= 4 is 23.3 Å². The van der Waals surface area contributed by atoms with Gasteiger partial charge in [0, 0.05) is 18.0 Å². The number of hydrogen-bond donors (Lipinski definition) is 1. The molecule has 1 amide bonds. The molecular formula is C19H25N3OS. The van der Waals surface area contributed by atoms with Crippen LogP contribution < -0.4 is 5.32 Å². The van der Waals surface area contributed by atoms with Crippen LogP contribution in [0, 0.1) is 6.92 Å². The van der Waals surface area contributed by atoms with Crippen LogP contribution in [0.15, 0.2) is 35.7 Å². The summed E-state index contributed by atoms with van der Waals surface area (Å²) in [4.78, 5) is 18.5. The largest absolute Gasteiger partial charge is 0.351 e. The Morgan fingerprint density at radius 3 is 2.58 bits per heavy atom. The second-order valence-corrected chi connectivity index (χ2v) is 7.01. The van der Waals surface area contributed by atoms with Crippen molar-refractivity contribution < 1.29 is 4.79 Å². The van der Waals surface area contributed by atoms with Gasteiger partial charge in [0.2, 0.25) is 5.91 Å². The standard InChI is InChI=1S/C19H25N3OS/c1-5-15-6-8-16(9-7-15)18(22(3)4)12-20-19(23)11-10-17-13-24-14(2)21-17/h6-11,13,18H,5,12H2,1-4H3,(H,20,23)/b11-10+. The Balaban J connectivity index is 1.95. The van der Waals surface area contributed by atoms with Crippen LogP contribution in [0.25, 0.3) is 6.08 Å². The second-order valence-electron chi connectivity index (χ2n) is 5.94. The molecule has 0 aliphatic carbocycles. The molecule has 24 heavy (non-hydrogen) atoms. The van der Waals surface area contributed by atoms with Crippen LogP contribution in [-0.2, 0) is 11.2 Å². The molecule has 1 N–H and O–H groups in total. The predicted molar refractivity (Wildman–Crippen MR) is 101 cm³/mol. The third kappa shape index (κ3) is 5.28. The summed E-state index contributed by atoms with van der Waals surface area (Å²) in [5.41, 5.74) is 3.35. The van der Waals surface area contributed by atoms with E-state index < -0.39 is 0 Å². The van der Waals surface area contributed by atoms with Gasteiger partial charge < -0.3 is 10.2 Å². The van der Waals surface area contributed by atoms with E-state index in [4.69, 9.17) is 0 Å². The first-order valence-electron chi connectivity index (χ1n) is 8.13. The summed E-state index contributed by atoms with van der Waals surface area (Å²) in [6, 6.07) is 8.73. The SMILES string of the molecule is CCc1ccc(C(CNC(=O)/C=C/c2csc(C)n2)N(C)C)cc1. The molecule has 0 saturated carbocycles. The molecule has 0 bridgehead atoms. The van der Waals surface area contributed by atoms with Crippen molar-refractivity contribution in [2.45, 2.75) is 26.3 Å². The smallest absolute Gasteiger partial charge is 0.244 e. The van der Waals surface area contributed by atoms with E-state index in [1.165, 1.54) is 11.1 Å². The molecule has 1 aromatic heterocycles. The van der Waals surface area contributed by atoms with Gasteiger partial charge in [-0.3, -0.25) is 4.79 Å². The van der Waals surface area contributed by atoms with Crippen molar-refractivity contribution in [2.75, 3.05) is 20.6 Å². The molecule has 0 spiro atoms. The van der Waals surface area contributed by atoms with Gasteiger partial charge in [0.1, 0.15) is 0 Å². The molecule has 0 aliphatic heterocycles. The number of amides is 1. The third-order valence-electron chi connectivity index (χ3n) is 3.91.